The van der Waals surface area contributed by atoms with Crippen LogP contribution in [-0.2, 0) is 6.54 Å². The third-order valence-electron chi connectivity index (χ3n) is 2.00. The van der Waals surface area contributed by atoms with E-state index in [9.17, 15) is 5.21 Å². The SMILES string of the molecule is [O-][N+](=Cc1ccco1)Cc1ccccc1. The van der Waals surface area contributed by atoms with E-state index in [1.807, 2.05) is 30.3 Å². The lowest BCUT2D eigenvalue weighted by Gasteiger charge is -2.02. The Morgan fingerprint density at radius 3 is 2.60 bits per heavy atom. The van der Waals surface area contributed by atoms with Crippen molar-refractivity contribution in [1.82, 2.24) is 0 Å². The van der Waals surface area contributed by atoms with E-state index in [0.29, 0.717) is 12.3 Å². The molecule has 1 aromatic carbocycles. The van der Waals surface area contributed by atoms with Crippen molar-refractivity contribution in [2.24, 2.45) is 0 Å². The van der Waals surface area contributed by atoms with Gasteiger partial charge in [-0.05, 0) is 12.1 Å². The molecular formula is C12H11NO2. The summed E-state index contributed by atoms with van der Waals surface area (Å²) in [5.41, 5.74) is 0.982. The summed E-state index contributed by atoms with van der Waals surface area (Å²) in [6, 6.07) is 13.1. The fraction of sp³-hybridized carbons (Fsp3) is 0.0833. The van der Waals surface area contributed by atoms with Gasteiger partial charge in [0.2, 0.25) is 6.21 Å². The Balaban J connectivity index is 2.07. The fourth-order valence-electron chi connectivity index (χ4n) is 1.32. The molecule has 0 unspecified atom stereocenters. The summed E-state index contributed by atoms with van der Waals surface area (Å²) >= 11 is 0. The number of nitrogens with zero attached hydrogens (tertiary/aromatic N) is 1. The molecule has 0 radical (unpaired) electrons. The van der Waals surface area contributed by atoms with Gasteiger partial charge in [-0.15, -0.1) is 0 Å². The first kappa shape index (κ1) is 9.52. The van der Waals surface area contributed by atoms with Gasteiger partial charge in [-0.2, -0.15) is 0 Å². The minimum atomic E-state index is 0.335. The summed E-state index contributed by atoms with van der Waals surface area (Å²) in [6.07, 6.45) is 2.98. The molecule has 76 valence electrons. The van der Waals surface area contributed by atoms with E-state index in [1.54, 1.807) is 18.4 Å². The Kier molecular flexibility index (Phi) is 2.83. The molecular weight excluding hydrogens is 190 g/mol. The summed E-state index contributed by atoms with van der Waals surface area (Å²) < 4.78 is 5.90. The smallest absolute Gasteiger partial charge is 0.217 e. The maximum atomic E-state index is 11.5. The number of hydroxylamine groups is 1. The standard InChI is InChI=1S/C12H11NO2/c14-13(10-12-7-4-8-15-12)9-11-5-2-1-3-6-11/h1-8,10H,9H2. The zero-order valence-corrected chi connectivity index (χ0v) is 8.17. The second-order valence-electron chi connectivity index (χ2n) is 3.21. The number of rotatable bonds is 3. The lowest BCUT2D eigenvalue weighted by Crippen LogP contribution is -2.04. The van der Waals surface area contributed by atoms with Gasteiger partial charge in [-0.1, -0.05) is 30.3 Å². The first-order valence-electron chi connectivity index (χ1n) is 4.71. The Labute approximate surface area is 87.9 Å². The number of hydrogen-bond acceptors (Lipinski definition) is 2. The molecule has 0 bridgehead atoms. The summed E-state index contributed by atoms with van der Waals surface area (Å²) in [6.45, 7) is 0.335. The van der Waals surface area contributed by atoms with Crippen LogP contribution < -0.4 is 0 Å². The van der Waals surface area contributed by atoms with Gasteiger partial charge in [0.05, 0.1) is 6.26 Å². The molecule has 0 atom stereocenters. The summed E-state index contributed by atoms with van der Waals surface area (Å²) in [5.74, 6) is 0.570. The topological polar surface area (TPSA) is 39.2 Å². The molecule has 0 N–H and O–H groups in total. The lowest BCUT2D eigenvalue weighted by molar-refractivity contribution is -0.469. The van der Waals surface area contributed by atoms with Crippen LogP contribution in [-0.4, -0.2) is 11.0 Å². The normalized spacial score (nSPS) is 11.6. The predicted octanol–water partition coefficient (Wildman–Crippen LogP) is 2.41. The Morgan fingerprint density at radius 1 is 1.13 bits per heavy atom. The van der Waals surface area contributed by atoms with E-state index in [1.165, 1.54) is 6.21 Å². The number of benzene rings is 1. The Bertz CT molecular complexity index is 432. The molecule has 2 aromatic rings. The van der Waals surface area contributed by atoms with E-state index < -0.39 is 0 Å². The number of furan rings is 1. The highest BCUT2D eigenvalue weighted by Gasteiger charge is 1.99. The van der Waals surface area contributed by atoms with Crippen LogP contribution >= 0.6 is 0 Å². The third kappa shape index (κ3) is 2.71. The molecule has 15 heavy (non-hydrogen) atoms. The van der Waals surface area contributed by atoms with Crippen LogP contribution in [0.2, 0.25) is 0 Å². The van der Waals surface area contributed by atoms with Gasteiger partial charge >= 0.3 is 0 Å². The van der Waals surface area contributed by atoms with Crippen LogP contribution in [0.4, 0.5) is 0 Å². The van der Waals surface area contributed by atoms with E-state index in [0.717, 1.165) is 10.3 Å². The molecule has 0 amide bonds. The van der Waals surface area contributed by atoms with E-state index >= 15 is 0 Å². The zero-order valence-electron chi connectivity index (χ0n) is 8.17. The summed E-state index contributed by atoms with van der Waals surface area (Å²) in [5, 5.41) is 11.5. The molecule has 0 aliphatic rings. The molecule has 1 aromatic heterocycles. The van der Waals surface area contributed by atoms with Crippen molar-refractivity contribution in [3.63, 3.8) is 0 Å². The highest BCUT2D eigenvalue weighted by atomic mass is 16.5. The van der Waals surface area contributed by atoms with Crippen molar-refractivity contribution in [3.8, 4) is 0 Å². The average Bonchev–Trinajstić information content (AvgIpc) is 2.71. The molecule has 0 saturated heterocycles. The van der Waals surface area contributed by atoms with E-state index in [4.69, 9.17) is 4.42 Å². The molecule has 1 heterocycles. The maximum absolute atomic E-state index is 11.5. The zero-order chi connectivity index (χ0) is 10.5. The van der Waals surface area contributed by atoms with Gasteiger partial charge in [-0.25, -0.2) is 4.74 Å². The largest absolute Gasteiger partial charge is 0.623 e. The maximum Gasteiger partial charge on any atom is 0.217 e. The minimum Gasteiger partial charge on any atom is -0.623 e. The van der Waals surface area contributed by atoms with Crippen molar-refractivity contribution in [2.75, 3.05) is 0 Å². The highest BCUT2D eigenvalue weighted by molar-refractivity contribution is 5.71. The molecule has 3 nitrogen and oxygen atoms in total. The van der Waals surface area contributed by atoms with Gasteiger partial charge in [0.1, 0.15) is 0 Å². The van der Waals surface area contributed by atoms with Gasteiger partial charge in [0.25, 0.3) is 0 Å². The van der Waals surface area contributed by atoms with Gasteiger partial charge in [0, 0.05) is 5.56 Å². The minimum absolute atomic E-state index is 0.335. The van der Waals surface area contributed by atoms with Crippen molar-refractivity contribution >= 4 is 6.21 Å². The molecule has 0 spiro atoms. The van der Waals surface area contributed by atoms with Crippen molar-refractivity contribution in [1.29, 1.82) is 0 Å². The van der Waals surface area contributed by atoms with Crippen molar-refractivity contribution in [2.45, 2.75) is 6.54 Å². The first-order valence-corrected chi connectivity index (χ1v) is 4.71. The van der Waals surface area contributed by atoms with Crippen LogP contribution in [0, 0.1) is 5.21 Å². The average molecular weight is 201 g/mol. The monoisotopic (exact) mass is 201 g/mol. The van der Waals surface area contributed by atoms with Crippen LogP contribution in [0.15, 0.2) is 53.1 Å². The molecule has 2 rings (SSSR count). The Morgan fingerprint density at radius 2 is 1.93 bits per heavy atom. The van der Waals surface area contributed by atoms with Gasteiger partial charge in [0.15, 0.2) is 12.3 Å². The summed E-state index contributed by atoms with van der Waals surface area (Å²) in [4.78, 5) is 0. The van der Waals surface area contributed by atoms with E-state index in [2.05, 4.69) is 0 Å². The highest BCUT2D eigenvalue weighted by Crippen LogP contribution is 2.01. The van der Waals surface area contributed by atoms with E-state index in [-0.39, 0.29) is 0 Å². The van der Waals surface area contributed by atoms with Crippen LogP contribution in [0.5, 0.6) is 0 Å². The Hall–Kier alpha value is -2.03. The van der Waals surface area contributed by atoms with Crippen molar-refractivity contribution < 1.29 is 9.16 Å². The molecule has 3 heteroatoms. The fourth-order valence-corrected chi connectivity index (χ4v) is 1.32. The second-order valence-corrected chi connectivity index (χ2v) is 3.21. The molecule has 0 fully saturated rings. The van der Waals surface area contributed by atoms with Crippen LogP contribution in [0.3, 0.4) is 0 Å². The third-order valence-corrected chi connectivity index (χ3v) is 2.00. The van der Waals surface area contributed by atoms with Gasteiger partial charge < -0.3 is 9.62 Å². The predicted molar refractivity (Wildman–Crippen MR) is 57.6 cm³/mol. The molecule has 0 aliphatic heterocycles. The first-order chi connectivity index (χ1) is 7.34. The van der Waals surface area contributed by atoms with Crippen LogP contribution in [0.25, 0.3) is 0 Å². The second kappa shape index (κ2) is 4.46. The van der Waals surface area contributed by atoms with Crippen LogP contribution in [0.1, 0.15) is 11.3 Å². The number of hydrogen-bond donors (Lipinski definition) is 0. The lowest BCUT2D eigenvalue weighted by atomic mass is 10.2. The molecule has 0 saturated carbocycles. The quantitative estimate of drug-likeness (QED) is 0.331. The summed E-state index contributed by atoms with van der Waals surface area (Å²) in [7, 11) is 0. The van der Waals surface area contributed by atoms with Gasteiger partial charge in [-0.3, -0.25) is 0 Å². The molecule has 0 aliphatic carbocycles. The van der Waals surface area contributed by atoms with Crippen molar-refractivity contribution in [3.05, 3.63) is 65.3 Å².